The summed E-state index contributed by atoms with van der Waals surface area (Å²) in [5.41, 5.74) is -0.818. The summed E-state index contributed by atoms with van der Waals surface area (Å²) in [6.45, 7) is 3.59. The molecule has 0 aliphatic carbocycles. The van der Waals surface area contributed by atoms with Gasteiger partial charge in [0.05, 0.1) is 11.7 Å². The second-order valence-corrected chi connectivity index (χ2v) is 4.26. The Hall–Kier alpha value is -1.23. The van der Waals surface area contributed by atoms with Crippen LogP contribution >= 0.6 is 0 Å². The minimum atomic E-state index is -4.45. The van der Waals surface area contributed by atoms with E-state index in [-0.39, 0.29) is 18.3 Å². The van der Waals surface area contributed by atoms with Crippen molar-refractivity contribution in [2.24, 2.45) is 5.92 Å². The van der Waals surface area contributed by atoms with E-state index >= 15 is 0 Å². The van der Waals surface area contributed by atoms with E-state index in [1.165, 1.54) is 18.2 Å². The van der Waals surface area contributed by atoms with Crippen molar-refractivity contribution in [2.75, 3.05) is 6.61 Å². The van der Waals surface area contributed by atoms with Crippen molar-refractivity contribution in [2.45, 2.75) is 32.5 Å². The molecule has 0 aromatic heterocycles. The van der Waals surface area contributed by atoms with E-state index in [1.54, 1.807) is 0 Å². The van der Waals surface area contributed by atoms with Crippen LogP contribution in [0.3, 0.4) is 0 Å². The lowest BCUT2D eigenvalue weighted by Crippen LogP contribution is -2.25. The van der Waals surface area contributed by atoms with Crippen LogP contribution < -0.4 is 4.74 Å². The molecule has 0 aliphatic rings. The van der Waals surface area contributed by atoms with Crippen LogP contribution in [0.15, 0.2) is 24.3 Å². The lowest BCUT2D eigenvalue weighted by atomic mass is 10.0. The fourth-order valence-corrected chi connectivity index (χ4v) is 1.44. The van der Waals surface area contributed by atoms with Gasteiger partial charge in [-0.1, -0.05) is 32.4 Å². The lowest BCUT2D eigenvalue weighted by Gasteiger charge is -2.19. The molecule has 18 heavy (non-hydrogen) atoms. The molecule has 2 nitrogen and oxygen atoms in total. The van der Waals surface area contributed by atoms with Crippen LogP contribution in [-0.4, -0.2) is 17.8 Å². The number of halogens is 3. The van der Waals surface area contributed by atoms with Gasteiger partial charge in [0.2, 0.25) is 0 Å². The fourth-order valence-electron chi connectivity index (χ4n) is 1.44. The highest BCUT2D eigenvalue weighted by molar-refractivity contribution is 5.35. The molecule has 102 valence electrons. The Morgan fingerprint density at radius 1 is 1.28 bits per heavy atom. The number of rotatable bonds is 5. The molecule has 2 unspecified atom stereocenters. The monoisotopic (exact) mass is 262 g/mol. The number of aliphatic hydroxyl groups excluding tert-OH is 1. The number of hydrogen-bond donors (Lipinski definition) is 1. The minimum Gasteiger partial charge on any atom is -0.490 e. The topological polar surface area (TPSA) is 29.5 Å². The molecule has 0 radical (unpaired) electrons. The van der Waals surface area contributed by atoms with Gasteiger partial charge in [0, 0.05) is 0 Å². The maximum atomic E-state index is 12.7. The molecule has 0 spiro atoms. The predicted molar refractivity (Wildman–Crippen MR) is 62.4 cm³/mol. The van der Waals surface area contributed by atoms with Crippen LogP contribution in [0.2, 0.25) is 0 Å². The SMILES string of the molecule is CCC(C)C(O)COc1ccccc1C(F)(F)F. The highest BCUT2D eigenvalue weighted by Crippen LogP contribution is 2.35. The number of benzene rings is 1. The fraction of sp³-hybridized carbons (Fsp3) is 0.538. The normalized spacial score (nSPS) is 15.2. The Balaban J connectivity index is 2.74. The molecule has 1 N–H and O–H groups in total. The highest BCUT2D eigenvalue weighted by Gasteiger charge is 2.34. The zero-order valence-corrected chi connectivity index (χ0v) is 10.4. The summed E-state index contributed by atoms with van der Waals surface area (Å²) in [7, 11) is 0. The zero-order chi connectivity index (χ0) is 13.8. The van der Waals surface area contributed by atoms with Gasteiger partial charge in [-0.3, -0.25) is 0 Å². The van der Waals surface area contributed by atoms with Crippen LogP contribution in [0, 0.1) is 5.92 Å². The third kappa shape index (κ3) is 3.91. The molecular weight excluding hydrogens is 245 g/mol. The van der Waals surface area contributed by atoms with Crippen LogP contribution in [0.1, 0.15) is 25.8 Å². The Morgan fingerprint density at radius 2 is 1.89 bits per heavy atom. The lowest BCUT2D eigenvalue weighted by molar-refractivity contribution is -0.139. The van der Waals surface area contributed by atoms with Crippen LogP contribution in [0.4, 0.5) is 13.2 Å². The van der Waals surface area contributed by atoms with E-state index < -0.39 is 17.8 Å². The van der Waals surface area contributed by atoms with Crippen molar-refractivity contribution in [3.63, 3.8) is 0 Å². The van der Waals surface area contributed by atoms with Gasteiger partial charge >= 0.3 is 6.18 Å². The first-order valence-electron chi connectivity index (χ1n) is 5.83. The highest BCUT2D eigenvalue weighted by atomic mass is 19.4. The summed E-state index contributed by atoms with van der Waals surface area (Å²) in [5, 5.41) is 9.67. The molecule has 2 atom stereocenters. The van der Waals surface area contributed by atoms with Gasteiger partial charge in [0.25, 0.3) is 0 Å². The Labute approximate surface area is 104 Å². The molecular formula is C13H17F3O2. The van der Waals surface area contributed by atoms with Gasteiger partial charge in [0.15, 0.2) is 0 Å². The molecule has 0 heterocycles. The first kappa shape index (κ1) is 14.8. The van der Waals surface area contributed by atoms with E-state index in [9.17, 15) is 18.3 Å². The first-order chi connectivity index (χ1) is 8.36. The van der Waals surface area contributed by atoms with Crippen molar-refractivity contribution in [1.29, 1.82) is 0 Å². The third-order valence-corrected chi connectivity index (χ3v) is 2.90. The molecule has 1 rings (SSSR count). The standard InChI is InChI=1S/C13H17F3O2/c1-3-9(2)11(17)8-18-12-7-5-4-6-10(12)13(14,15)16/h4-7,9,11,17H,3,8H2,1-2H3. The molecule has 1 aromatic rings. The number of aliphatic hydroxyl groups is 1. The van der Waals surface area contributed by atoms with E-state index in [0.29, 0.717) is 0 Å². The largest absolute Gasteiger partial charge is 0.490 e. The quantitative estimate of drug-likeness (QED) is 0.880. The van der Waals surface area contributed by atoms with Gasteiger partial charge in [0.1, 0.15) is 12.4 Å². The van der Waals surface area contributed by atoms with Gasteiger partial charge in [-0.25, -0.2) is 0 Å². The predicted octanol–water partition coefficient (Wildman–Crippen LogP) is 3.49. The molecule has 5 heteroatoms. The van der Waals surface area contributed by atoms with Gasteiger partial charge < -0.3 is 9.84 Å². The van der Waals surface area contributed by atoms with Crippen molar-refractivity contribution in [1.82, 2.24) is 0 Å². The smallest absolute Gasteiger partial charge is 0.419 e. The number of para-hydroxylation sites is 1. The summed E-state index contributed by atoms with van der Waals surface area (Å²) >= 11 is 0. The maximum absolute atomic E-state index is 12.7. The van der Waals surface area contributed by atoms with Gasteiger partial charge in [-0.2, -0.15) is 13.2 Å². The van der Waals surface area contributed by atoms with E-state index in [4.69, 9.17) is 4.74 Å². The zero-order valence-electron chi connectivity index (χ0n) is 10.4. The van der Waals surface area contributed by atoms with Crippen LogP contribution in [0.5, 0.6) is 5.75 Å². The van der Waals surface area contributed by atoms with Crippen molar-refractivity contribution in [3.05, 3.63) is 29.8 Å². The van der Waals surface area contributed by atoms with E-state index in [1.807, 2.05) is 13.8 Å². The molecule has 0 saturated heterocycles. The van der Waals surface area contributed by atoms with E-state index in [0.717, 1.165) is 12.5 Å². The Kier molecular flexibility index (Phi) is 5.02. The van der Waals surface area contributed by atoms with E-state index in [2.05, 4.69) is 0 Å². The number of hydrogen-bond acceptors (Lipinski definition) is 2. The van der Waals surface area contributed by atoms with Crippen molar-refractivity contribution >= 4 is 0 Å². The number of alkyl halides is 3. The van der Waals surface area contributed by atoms with Gasteiger partial charge in [-0.15, -0.1) is 0 Å². The second-order valence-electron chi connectivity index (χ2n) is 4.26. The summed E-state index contributed by atoms with van der Waals surface area (Å²) < 4.78 is 43.0. The molecule has 0 fully saturated rings. The average Bonchev–Trinajstić information content (AvgIpc) is 2.34. The molecule has 0 bridgehead atoms. The Morgan fingerprint density at radius 3 is 2.44 bits per heavy atom. The second kappa shape index (κ2) is 6.09. The summed E-state index contributed by atoms with van der Waals surface area (Å²) in [6, 6.07) is 5.00. The minimum absolute atomic E-state index is 0.0111. The van der Waals surface area contributed by atoms with Crippen LogP contribution in [0.25, 0.3) is 0 Å². The molecule has 1 aromatic carbocycles. The maximum Gasteiger partial charge on any atom is 0.419 e. The first-order valence-corrected chi connectivity index (χ1v) is 5.83. The number of ether oxygens (including phenoxy) is 1. The summed E-state index contributed by atoms with van der Waals surface area (Å²) in [4.78, 5) is 0. The third-order valence-electron chi connectivity index (χ3n) is 2.90. The van der Waals surface area contributed by atoms with Crippen molar-refractivity contribution < 1.29 is 23.0 Å². The average molecular weight is 262 g/mol. The van der Waals surface area contributed by atoms with Crippen LogP contribution in [-0.2, 0) is 6.18 Å². The molecule has 0 amide bonds. The van der Waals surface area contributed by atoms with Crippen molar-refractivity contribution in [3.8, 4) is 5.75 Å². The molecule has 0 aliphatic heterocycles. The summed E-state index contributed by atoms with van der Waals surface area (Å²) in [5.74, 6) is -0.254. The molecule has 0 saturated carbocycles. The Bertz CT molecular complexity index is 377. The van der Waals surface area contributed by atoms with Gasteiger partial charge in [-0.05, 0) is 18.1 Å². The summed E-state index contributed by atoms with van der Waals surface area (Å²) in [6.07, 6.45) is -4.47.